The summed E-state index contributed by atoms with van der Waals surface area (Å²) in [6, 6.07) is 6.42. The predicted molar refractivity (Wildman–Crippen MR) is 122 cm³/mol. The Morgan fingerprint density at radius 3 is 2.81 bits per heavy atom. The fourth-order valence-corrected chi connectivity index (χ4v) is 5.60. The van der Waals surface area contributed by atoms with Crippen LogP contribution in [-0.4, -0.2) is 66.9 Å². The lowest BCUT2D eigenvalue weighted by Crippen LogP contribution is -2.39. The average Bonchev–Trinajstić information content (AvgIpc) is 3.25. The predicted octanol–water partition coefficient (Wildman–Crippen LogP) is 3.23. The molecule has 31 heavy (non-hydrogen) atoms. The molecule has 0 bridgehead atoms. The number of methoxy groups -OCH3 is 1. The van der Waals surface area contributed by atoms with Crippen LogP contribution >= 0.6 is 11.3 Å². The maximum absolute atomic E-state index is 5.90. The Bertz CT molecular complexity index is 1040. The summed E-state index contributed by atoms with van der Waals surface area (Å²) in [7, 11) is 1.79. The number of fused-ring (bicyclic) bond motifs is 1. The summed E-state index contributed by atoms with van der Waals surface area (Å²) >= 11 is 1.72. The number of aromatic nitrogens is 4. The zero-order valence-corrected chi connectivity index (χ0v) is 18.8. The SMILES string of the molecule is CO[C@@H](c1ncc(C)s1)[C@H]1CCCN(c2nnnc3cc(N4CCOCC4)ccc23)C1. The second-order valence-corrected chi connectivity index (χ2v) is 9.49. The van der Waals surface area contributed by atoms with Crippen molar-refractivity contribution >= 4 is 33.7 Å². The molecule has 8 nitrogen and oxygen atoms in total. The van der Waals surface area contributed by atoms with Gasteiger partial charge in [-0.2, -0.15) is 0 Å². The van der Waals surface area contributed by atoms with Crippen LogP contribution in [0.4, 0.5) is 11.5 Å². The molecule has 1 aromatic carbocycles. The van der Waals surface area contributed by atoms with Crippen LogP contribution in [0.3, 0.4) is 0 Å². The molecule has 0 saturated carbocycles. The van der Waals surface area contributed by atoms with E-state index >= 15 is 0 Å². The normalized spacial score (nSPS) is 20.9. The molecule has 0 N–H and O–H groups in total. The number of thiazole rings is 1. The summed E-state index contributed by atoms with van der Waals surface area (Å²) < 4.78 is 11.4. The van der Waals surface area contributed by atoms with E-state index in [0.717, 1.165) is 79.7 Å². The van der Waals surface area contributed by atoms with Gasteiger partial charge >= 0.3 is 0 Å². The van der Waals surface area contributed by atoms with E-state index in [2.05, 4.69) is 55.3 Å². The number of aryl methyl sites for hydroxylation is 1. The van der Waals surface area contributed by atoms with E-state index in [-0.39, 0.29) is 6.10 Å². The summed E-state index contributed by atoms with van der Waals surface area (Å²) in [5, 5.41) is 15.0. The van der Waals surface area contributed by atoms with Crippen molar-refractivity contribution in [1.29, 1.82) is 0 Å². The van der Waals surface area contributed by atoms with Gasteiger partial charge in [-0.1, -0.05) is 0 Å². The van der Waals surface area contributed by atoms with Crippen LogP contribution in [0.5, 0.6) is 0 Å². The number of piperidine rings is 1. The van der Waals surface area contributed by atoms with Gasteiger partial charge in [0.15, 0.2) is 5.82 Å². The van der Waals surface area contributed by atoms with Crippen molar-refractivity contribution in [3.63, 3.8) is 0 Å². The Labute approximate surface area is 186 Å². The molecular formula is C22H28N6O2S. The smallest absolute Gasteiger partial charge is 0.162 e. The number of hydrogen-bond donors (Lipinski definition) is 0. The molecule has 0 amide bonds. The van der Waals surface area contributed by atoms with Gasteiger partial charge in [-0.3, -0.25) is 0 Å². The fraction of sp³-hybridized carbons (Fsp3) is 0.545. The molecule has 0 radical (unpaired) electrons. The molecule has 2 fully saturated rings. The van der Waals surface area contributed by atoms with Gasteiger partial charge in [-0.05, 0) is 43.2 Å². The number of hydrogen-bond acceptors (Lipinski definition) is 9. The lowest BCUT2D eigenvalue weighted by atomic mass is 9.92. The number of anilines is 2. The molecule has 2 aromatic heterocycles. The second kappa shape index (κ2) is 9.02. The quantitative estimate of drug-likeness (QED) is 0.599. The van der Waals surface area contributed by atoms with E-state index in [0.29, 0.717) is 5.92 Å². The first-order valence-corrected chi connectivity index (χ1v) is 11.7. The van der Waals surface area contributed by atoms with Crippen LogP contribution in [-0.2, 0) is 9.47 Å². The third-order valence-corrected chi connectivity index (χ3v) is 7.19. The average molecular weight is 441 g/mol. The highest BCUT2D eigenvalue weighted by Crippen LogP contribution is 2.36. The maximum atomic E-state index is 5.90. The Hall–Kier alpha value is -2.36. The number of benzene rings is 1. The Morgan fingerprint density at radius 2 is 2.03 bits per heavy atom. The van der Waals surface area contributed by atoms with Gasteiger partial charge in [0.1, 0.15) is 16.6 Å². The van der Waals surface area contributed by atoms with Gasteiger partial charge < -0.3 is 19.3 Å². The summed E-state index contributed by atoms with van der Waals surface area (Å²) in [5.74, 6) is 1.27. The first-order chi connectivity index (χ1) is 15.2. The van der Waals surface area contributed by atoms with Crippen molar-refractivity contribution in [3.8, 4) is 0 Å². The molecule has 0 unspecified atom stereocenters. The Kier molecular flexibility index (Phi) is 5.97. The van der Waals surface area contributed by atoms with Crippen LogP contribution in [0.2, 0.25) is 0 Å². The molecule has 2 saturated heterocycles. The summed E-state index contributed by atoms with van der Waals surface area (Å²) in [6.07, 6.45) is 4.15. The van der Waals surface area contributed by atoms with E-state index in [1.165, 1.54) is 4.88 Å². The van der Waals surface area contributed by atoms with Crippen molar-refractivity contribution in [1.82, 2.24) is 20.4 Å². The number of nitrogens with zero attached hydrogens (tertiary/aromatic N) is 6. The van der Waals surface area contributed by atoms with Crippen LogP contribution in [0.1, 0.15) is 28.8 Å². The minimum absolute atomic E-state index is 0.00971. The zero-order valence-electron chi connectivity index (χ0n) is 18.0. The van der Waals surface area contributed by atoms with Gasteiger partial charge in [-0.25, -0.2) is 4.98 Å². The molecule has 0 aliphatic carbocycles. The first-order valence-electron chi connectivity index (χ1n) is 10.9. The van der Waals surface area contributed by atoms with Crippen molar-refractivity contribution in [2.24, 2.45) is 5.92 Å². The molecule has 4 heterocycles. The van der Waals surface area contributed by atoms with Gasteiger partial charge in [-0.15, -0.1) is 21.5 Å². The van der Waals surface area contributed by atoms with Crippen LogP contribution < -0.4 is 9.80 Å². The Balaban J connectivity index is 1.40. The van der Waals surface area contributed by atoms with E-state index < -0.39 is 0 Å². The Morgan fingerprint density at radius 1 is 1.16 bits per heavy atom. The minimum atomic E-state index is 0.00971. The van der Waals surface area contributed by atoms with Gasteiger partial charge in [0.25, 0.3) is 0 Å². The minimum Gasteiger partial charge on any atom is -0.378 e. The molecule has 0 spiro atoms. The highest BCUT2D eigenvalue weighted by Gasteiger charge is 2.31. The maximum Gasteiger partial charge on any atom is 0.162 e. The highest BCUT2D eigenvalue weighted by molar-refractivity contribution is 7.11. The third kappa shape index (κ3) is 4.22. The van der Waals surface area contributed by atoms with E-state index in [1.807, 2.05) is 6.20 Å². The van der Waals surface area contributed by atoms with Crippen molar-refractivity contribution in [2.75, 3.05) is 56.3 Å². The molecule has 3 aromatic rings. The highest BCUT2D eigenvalue weighted by atomic mass is 32.1. The van der Waals surface area contributed by atoms with Crippen molar-refractivity contribution in [3.05, 3.63) is 34.3 Å². The van der Waals surface area contributed by atoms with Gasteiger partial charge in [0, 0.05) is 61.4 Å². The molecule has 2 aliphatic rings. The number of morpholine rings is 1. The summed E-state index contributed by atoms with van der Waals surface area (Å²) in [4.78, 5) is 10.5. The monoisotopic (exact) mass is 440 g/mol. The van der Waals surface area contributed by atoms with Crippen LogP contribution in [0.15, 0.2) is 24.4 Å². The lowest BCUT2D eigenvalue weighted by Gasteiger charge is -2.36. The van der Waals surface area contributed by atoms with Crippen molar-refractivity contribution < 1.29 is 9.47 Å². The third-order valence-electron chi connectivity index (χ3n) is 6.21. The molecule has 164 valence electrons. The zero-order chi connectivity index (χ0) is 21.2. The largest absolute Gasteiger partial charge is 0.378 e. The lowest BCUT2D eigenvalue weighted by molar-refractivity contribution is 0.0446. The van der Waals surface area contributed by atoms with Gasteiger partial charge in [0.05, 0.1) is 13.2 Å². The van der Waals surface area contributed by atoms with E-state index in [4.69, 9.17) is 9.47 Å². The van der Waals surface area contributed by atoms with Crippen molar-refractivity contribution in [2.45, 2.75) is 25.9 Å². The van der Waals surface area contributed by atoms with Crippen LogP contribution in [0, 0.1) is 12.8 Å². The fourth-order valence-electron chi connectivity index (χ4n) is 4.66. The van der Waals surface area contributed by atoms with E-state index in [9.17, 15) is 0 Å². The molecule has 2 atom stereocenters. The molecule has 2 aliphatic heterocycles. The summed E-state index contributed by atoms with van der Waals surface area (Å²) in [6.45, 7) is 7.25. The van der Waals surface area contributed by atoms with Crippen LogP contribution in [0.25, 0.3) is 10.9 Å². The molecule has 9 heteroatoms. The second-order valence-electron chi connectivity index (χ2n) is 8.23. The van der Waals surface area contributed by atoms with Gasteiger partial charge in [0.2, 0.25) is 0 Å². The molecular weight excluding hydrogens is 412 g/mol. The van der Waals surface area contributed by atoms with E-state index in [1.54, 1.807) is 18.4 Å². The number of rotatable bonds is 5. The standard InChI is InChI=1S/C22H28N6O2S/c1-15-13-23-22(31-15)20(29-2)16-4-3-7-28(14-16)21-18-6-5-17(12-19(18)24-26-25-21)27-8-10-30-11-9-27/h5-6,12-13,16,20H,3-4,7-11,14H2,1-2H3/t16-,20+/m0/s1. The summed E-state index contributed by atoms with van der Waals surface area (Å²) in [5.41, 5.74) is 2.05. The first kappa shape index (κ1) is 20.5. The number of ether oxygens (including phenoxy) is 2. The topological polar surface area (TPSA) is 76.5 Å². The molecule has 5 rings (SSSR count).